The number of halogens is 1. The number of amides is 2. The van der Waals surface area contributed by atoms with E-state index in [0.29, 0.717) is 0 Å². The van der Waals surface area contributed by atoms with Crippen molar-refractivity contribution in [3.63, 3.8) is 0 Å². The minimum absolute atomic E-state index is 0.0337. The normalized spacial score (nSPS) is 17.0. The van der Waals surface area contributed by atoms with E-state index >= 15 is 0 Å². The molecule has 114 valence electrons. The van der Waals surface area contributed by atoms with Crippen LogP contribution in [0.2, 0.25) is 0 Å². The van der Waals surface area contributed by atoms with E-state index in [-0.39, 0.29) is 36.9 Å². The number of imide groups is 1. The molecule has 1 aromatic carbocycles. The van der Waals surface area contributed by atoms with Crippen molar-refractivity contribution in [2.24, 2.45) is 0 Å². The zero-order valence-corrected chi connectivity index (χ0v) is 12.3. The van der Waals surface area contributed by atoms with E-state index < -0.39 is 21.7 Å². The molecule has 0 atom stereocenters. The minimum atomic E-state index is -3.86. The first-order chi connectivity index (χ1) is 9.86. The highest BCUT2D eigenvalue weighted by atomic mass is 32.2. The lowest BCUT2D eigenvalue weighted by atomic mass is 10.3. The number of carbonyl (C=O) groups is 2. The minimum Gasteiger partial charge on any atom is -0.280 e. The van der Waals surface area contributed by atoms with Crippen LogP contribution < -0.4 is 0 Å². The molecule has 1 fully saturated rings. The topological polar surface area (TPSA) is 74.8 Å². The Morgan fingerprint density at radius 3 is 2.38 bits per heavy atom. The lowest BCUT2D eigenvalue weighted by Crippen LogP contribution is -2.53. The lowest BCUT2D eigenvalue weighted by molar-refractivity contribution is -0.147. The summed E-state index contributed by atoms with van der Waals surface area (Å²) in [5.74, 6) is -1.40. The maximum atomic E-state index is 12.9. The van der Waals surface area contributed by atoms with Gasteiger partial charge < -0.3 is 0 Å². The fourth-order valence-electron chi connectivity index (χ4n) is 2.07. The van der Waals surface area contributed by atoms with Crippen molar-refractivity contribution in [3.8, 4) is 0 Å². The summed E-state index contributed by atoms with van der Waals surface area (Å²) in [6, 6.07) is 4.40. The molecule has 0 radical (unpaired) electrons. The molecule has 1 aromatic rings. The molecule has 21 heavy (non-hydrogen) atoms. The molecular weight excluding hydrogens is 299 g/mol. The fourth-order valence-corrected chi connectivity index (χ4v) is 3.45. The van der Waals surface area contributed by atoms with Crippen LogP contribution >= 0.6 is 0 Å². The van der Waals surface area contributed by atoms with Gasteiger partial charge in [-0.25, -0.2) is 12.8 Å². The maximum absolute atomic E-state index is 12.9. The van der Waals surface area contributed by atoms with Crippen molar-refractivity contribution in [2.75, 3.05) is 19.6 Å². The van der Waals surface area contributed by atoms with E-state index in [4.69, 9.17) is 0 Å². The molecule has 2 rings (SSSR count). The van der Waals surface area contributed by atoms with Gasteiger partial charge in [-0.2, -0.15) is 4.31 Å². The molecule has 8 heteroatoms. The van der Waals surface area contributed by atoms with E-state index in [1.165, 1.54) is 0 Å². The van der Waals surface area contributed by atoms with E-state index in [2.05, 4.69) is 0 Å². The third kappa shape index (κ3) is 3.11. The summed E-state index contributed by atoms with van der Waals surface area (Å²) in [6.45, 7) is 1.33. The SMILES string of the molecule is CCC(=O)N1CCN(S(=O)(=O)c2ccc(F)cc2)CC1=O. The number of hydrogen-bond donors (Lipinski definition) is 0. The van der Waals surface area contributed by atoms with Crippen LogP contribution in [0.25, 0.3) is 0 Å². The van der Waals surface area contributed by atoms with Gasteiger partial charge >= 0.3 is 0 Å². The summed E-state index contributed by atoms with van der Waals surface area (Å²) in [5, 5.41) is 0. The Morgan fingerprint density at radius 2 is 1.86 bits per heavy atom. The summed E-state index contributed by atoms with van der Waals surface area (Å²) < 4.78 is 38.5. The summed E-state index contributed by atoms with van der Waals surface area (Å²) in [5.41, 5.74) is 0. The van der Waals surface area contributed by atoms with E-state index in [1.807, 2.05) is 0 Å². The van der Waals surface area contributed by atoms with Crippen LogP contribution in [0.3, 0.4) is 0 Å². The van der Waals surface area contributed by atoms with Gasteiger partial charge in [-0.3, -0.25) is 14.5 Å². The predicted octanol–water partition coefficient (Wildman–Crippen LogP) is 0.595. The Balaban J connectivity index is 2.18. The fraction of sp³-hybridized carbons (Fsp3) is 0.385. The highest BCUT2D eigenvalue weighted by Crippen LogP contribution is 2.18. The van der Waals surface area contributed by atoms with Crippen LogP contribution in [-0.4, -0.2) is 49.1 Å². The molecule has 0 saturated carbocycles. The highest BCUT2D eigenvalue weighted by molar-refractivity contribution is 7.89. The third-order valence-electron chi connectivity index (χ3n) is 3.24. The molecule has 0 aliphatic carbocycles. The van der Waals surface area contributed by atoms with Crippen molar-refractivity contribution >= 4 is 21.8 Å². The van der Waals surface area contributed by atoms with Crippen LogP contribution in [0.15, 0.2) is 29.2 Å². The monoisotopic (exact) mass is 314 g/mol. The van der Waals surface area contributed by atoms with Gasteiger partial charge in [0.2, 0.25) is 21.8 Å². The summed E-state index contributed by atoms with van der Waals surface area (Å²) in [4.78, 5) is 24.4. The first-order valence-corrected chi connectivity index (χ1v) is 7.89. The molecule has 6 nitrogen and oxygen atoms in total. The average Bonchev–Trinajstić information content (AvgIpc) is 2.46. The number of carbonyl (C=O) groups excluding carboxylic acids is 2. The van der Waals surface area contributed by atoms with Gasteiger partial charge in [-0.15, -0.1) is 0 Å². The molecule has 1 heterocycles. The molecule has 1 aliphatic heterocycles. The molecule has 0 aromatic heterocycles. The van der Waals surface area contributed by atoms with Crippen molar-refractivity contribution in [1.29, 1.82) is 0 Å². The molecular formula is C13H15FN2O4S. The third-order valence-corrected chi connectivity index (χ3v) is 5.10. The predicted molar refractivity (Wildman–Crippen MR) is 72.2 cm³/mol. The van der Waals surface area contributed by atoms with Crippen LogP contribution in [0, 0.1) is 5.82 Å². The first kappa shape index (κ1) is 15.6. The Bertz CT molecular complexity index is 657. The smallest absolute Gasteiger partial charge is 0.244 e. The number of nitrogens with zero attached hydrogens (tertiary/aromatic N) is 2. The van der Waals surface area contributed by atoms with Crippen molar-refractivity contribution in [3.05, 3.63) is 30.1 Å². The second kappa shape index (κ2) is 5.90. The number of rotatable bonds is 3. The second-order valence-corrected chi connectivity index (χ2v) is 6.52. The summed E-state index contributed by atoms with van der Waals surface area (Å²) in [7, 11) is -3.86. The van der Waals surface area contributed by atoms with Crippen LogP contribution in [-0.2, 0) is 19.6 Å². The first-order valence-electron chi connectivity index (χ1n) is 6.45. The van der Waals surface area contributed by atoms with Crippen LogP contribution in [0.1, 0.15) is 13.3 Å². The molecule has 0 unspecified atom stereocenters. The molecule has 2 amide bonds. The largest absolute Gasteiger partial charge is 0.280 e. The lowest BCUT2D eigenvalue weighted by Gasteiger charge is -2.32. The quantitative estimate of drug-likeness (QED) is 0.818. The molecule has 0 N–H and O–H groups in total. The number of piperazine rings is 1. The summed E-state index contributed by atoms with van der Waals surface area (Å²) >= 11 is 0. The van der Waals surface area contributed by atoms with Gasteiger partial charge in [0, 0.05) is 19.5 Å². The van der Waals surface area contributed by atoms with E-state index in [0.717, 1.165) is 33.5 Å². The standard InChI is InChI=1S/C13H15FN2O4S/c1-2-12(17)16-8-7-15(9-13(16)18)21(19,20)11-5-3-10(14)4-6-11/h3-6H,2,7-9H2,1H3. The highest BCUT2D eigenvalue weighted by Gasteiger charge is 2.34. The van der Waals surface area contributed by atoms with Crippen LogP contribution in [0.4, 0.5) is 4.39 Å². The average molecular weight is 314 g/mol. The number of benzene rings is 1. The molecule has 0 bridgehead atoms. The van der Waals surface area contributed by atoms with Gasteiger partial charge in [-0.05, 0) is 24.3 Å². The molecule has 0 spiro atoms. The molecule has 1 aliphatic rings. The van der Waals surface area contributed by atoms with Gasteiger partial charge in [0.25, 0.3) is 0 Å². The zero-order valence-electron chi connectivity index (χ0n) is 11.5. The van der Waals surface area contributed by atoms with Crippen molar-refractivity contribution < 1.29 is 22.4 Å². The molecule has 1 saturated heterocycles. The maximum Gasteiger partial charge on any atom is 0.244 e. The van der Waals surface area contributed by atoms with Crippen LogP contribution in [0.5, 0.6) is 0 Å². The Hall–Kier alpha value is -1.80. The van der Waals surface area contributed by atoms with Crippen molar-refractivity contribution in [2.45, 2.75) is 18.2 Å². The number of sulfonamides is 1. The summed E-state index contributed by atoms with van der Waals surface area (Å²) in [6.07, 6.45) is 0.191. The van der Waals surface area contributed by atoms with Gasteiger partial charge in [0.15, 0.2) is 0 Å². The number of hydrogen-bond acceptors (Lipinski definition) is 4. The van der Waals surface area contributed by atoms with Gasteiger partial charge in [0.1, 0.15) is 5.82 Å². The van der Waals surface area contributed by atoms with Gasteiger partial charge in [-0.1, -0.05) is 6.92 Å². The Labute approximate surface area is 122 Å². The van der Waals surface area contributed by atoms with Gasteiger partial charge in [0.05, 0.1) is 11.4 Å². The van der Waals surface area contributed by atoms with Crippen molar-refractivity contribution in [1.82, 2.24) is 9.21 Å². The van der Waals surface area contributed by atoms with E-state index in [9.17, 15) is 22.4 Å². The Morgan fingerprint density at radius 1 is 1.24 bits per heavy atom. The second-order valence-electron chi connectivity index (χ2n) is 4.59. The Kier molecular flexibility index (Phi) is 4.38. The zero-order chi connectivity index (χ0) is 15.6. The van der Waals surface area contributed by atoms with E-state index in [1.54, 1.807) is 6.92 Å².